The van der Waals surface area contributed by atoms with Gasteiger partial charge in [0, 0.05) is 13.1 Å². The molecule has 0 spiro atoms. The largest absolute Gasteiger partial charge is 0.310 e. The first-order chi connectivity index (χ1) is 13.5. The molecule has 0 saturated carbocycles. The molecule has 0 aliphatic rings. The van der Waals surface area contributed by atoms with Crippen molar-refractivity contribution in [2.75, 3.05) is 11.1 Å². The highest BCUT2D eigenvalue weighted by molar-refractivity contribution is 8.00. The number of nitrogens with one attached hydrogen (secondary N) is 1. The Hall–Kier alpha value is -3.27. The van der Waals surface area contributed by atoms with E-state index in [1.807, 2.05) is 6.92 Å². The summed E-state index contributed by atoms with van der Waals surface area (Å²) in [5.74, 6) is 0.337. The molecule has 3 heterocycles. The number of aryl methyl sites for hydroxylation is 2. The minimum absolute atomic E-state index is 0.161. The van der Waals surface area contributed by atoms with Crippen LogP contribution in [0.15, 0.2) is 47.9 Å². The Morgan fingerprint density at radius 3 is 2.75 bits per heavy atom. The van der Waals surface area contributed by atoms with Gasteiger partial charge in [0.15, 0.2) is 5.65 Å². The number of fused-ring (bicyclic) bond motifs is 1. The van der Waals surface area contributed by atoms with Crippen LogP contribution in [0.2, 0.25) is 0 Å². The fourth-order valence-corrected chi connectivity index (χ4v) is 3.51. The number of hydrogen-bond donors (Lipinski definition) is 1. The van der Waals surface area contributed by atoms with E-state index in [1.165, 1.54) is 30.2 Å². The normalized spacial score (nSPS) is 11.1. The summed E-state index contributed by atoms with van der Waals surface area (Å²) in [6, 6.07) is 7.78. The van der Waals surface area contributed by atoms with Gasteiger partial charge in [-0.3, -0.25) is 9.48 Å². The molecule has 1 N–H and O–H groups in total. The third kappa shape index (κ3) is 3.58. The number of carbonyl (C=O) groups excluding carboxylic acids is 1. The van der Waals surface area contributed by atoms with Crippen molar-refractivity contribution in [1.29, 1.82) is 0 Å². The zero-order chi connectivity index (χ0) is 19.7. The standard InChI is InChI=1S/C18H16FN7OS/c1-11-7-15(25(2)24-11)23-16(27)9-28-18-14-8-22-26(17(14)20-10-21-18)13-5-3-12(19)4-6-13/h3-8,10H,9H2,1-2H3,(H,23,27). The van der Waals surface area contributed by atoms with Crippen LogP contribution in [0.25, 0.3) is 16.7 Å². The molecule has 3 aromatic heterocycles. The second-order valence-corrected chi connectivity index (χ2v) is 7.04. The van der Waals surface area contributed by atoms with Gasteiger partial charge in [0.1, 0.15) is 23.0 Å². The van der Waals surface area contributed by atoms with Crippen LogP contribution < -0.4 is 5.32 Å². The lowest BCUT2D eigenvalue weighted by Gasteiger charge is -2.06. The Morgan fingerprint density at radius 1 is 1.25 bits per heavy atom. The van der Waals surface area contributed by atoms with Gasteiger partial charge in [-0.05, 0) is 31.2 Å². The number of halogens is 1. The van der Waals surface area contributed by atoms with Crippen molar-refractivity contribution in [2.24, 2.45) is 7.05 Å². The lowest BCUT2D eigenvalue weighted by molar-refractivity contribution is -0.113. The van der Waals surface area contributed by atoms with Gasteiger partial charge < -0.3 is 5.32 Å². The lowest BCUT2D eigenvalue weighted by atomic mass is 10.3. The van der Waals surface area contributed by atoms with Gasteiger partial charge in [0.05, 0.1) is 28.7 Å². The Bertz CT molecular complexity index is 1150. The summed E-state index contributed by atoms with van der Waals surface area (Å²) in [6.07, 6.45) is 3.07. The van der Waals surface area contributed by atoms with E-state index in [0.29, 0.717) is 22.2 Å². The van der Waals surface area contributed by atoms with Crippen LogP contribution in [0.4, 0.5) is 10.2 Å². The summed E-state index contributed by atoms with van der Waals surface area (Å²) in [7, 11) is 1.77. The summed E-state index contributed by atoms with van der Waals surface area (Å²) >= 11 is 1.29. The number of amides is 1. The maximum atomic E-state index is 13.2. The molecule has 0 aliphatic heterocycles. The number of aromatic nitrogens is 6. The fourth-order valence-electron chi connectivity index (χ4n) is 2.75. The Labute approximate surface area is 163 Å². The van der Waals surface area contributed by atoms with E-state index < -0.39 is 0 Å². The van der Waals surface area contributed by atoms with Crippen LogP contribution in [0.1, 0.15) is 5.69 Å². The second-order valence-electron chi connectivity index (χ2n) is 6.08. The first-order valence-corrected chi connectivity index (χ1v) is 9.38. The zero-order valence-electron chi connectivity index (χ0n) is 15.1. The number of benzene rings is 1. The average molecular weight is 397 g/mol. The number of anilines is 1. The molecule has 142 valence electrons. The minimum Gasteiger partial charge on any atom is -0.310 e. The number of hydrogen-bond acceptors (Lipinski definition) is 6. The molecule has 28 heavy (non-hydrogen) atoms. The zero-order valence-corrected chi connectivity index (χ0v) is 15.9. The van der Waals surface area contributed by atoms with Crippen LogP contribution in [0, 0.1) is 12.7 Å². The highest BCUT2D eigenvalue weighted by atomic mass is 32.2. The monoisotopic (exact) mass is 397 g/mol. The SMILES string of the molecule is Cc1cc(NC(=O)CSc2ncnc3c2cnn3-c2ccc(F)cc2)n(C)n1. The van der Waals surface area contributed by atoms with E-state index in [2.05, 4.69) is 25.5 Å². The summed E-state index contributed by atoms with van der Waals surface area (Å²) in [5, 5.41) is 12.7. The molecular formula is C18H16FN7OS. The Kier molecular flexibility index (Phi) is 4.78. The van der Waals surface area contributed by atoms with E-state index >= 15 is 0 Å². The minimum atomic E-state index is -0.319. The van der Waals surface area contributed by atoms with Crippen molar-refractivity contribution in [3.05, 3.63) is 54.4 Å². The third-order valence-corrected chi connectivity index (χ3v) is 5.02. The van der Waals surface area contributed by atoms with Gasteiger partial charge in [-0.2, -0.15) is 10.2 Å². The van der Waals surface area contributed by atoms with Crippen molar-refractivity contribution < 1.29 is 9.18 Å². The molecule has 10 heteroatoms. The number of nitrogens with zero attached hydrogens (tertiary/aromatic N) is 6. The molecule has 4 aromatic rings. The topological polar surface area (TPSA) is 90.5 Å². The number of rotatable bonds is 5. The van der Waals surface area contributed by atoms with Crippen LogP contribution in [0.5, 0.6) is 0 Å². The van der Waals surface area contributed by atoms with Crippen LogP contribution in [-0.4, -0.2) is 41.2 Å². The van der Waals surface area contributed by atoms with Gasteiger partial charge >= 0.3 is 0 Å². The molecule has 0 unspecified atom stereocenters. The maximum Gasteiger partial charge on any atom is 0.235 e. The molecule has 0 atom stereocenters. The Morgan fingerprint density at radius 2 is 2.04 bits per heavy atom. The fraction of sp³-hybridized carbons (Fsp3) is 0.167. The van der Waals surface area contributed by atoms with Crippen molar-refractivity contribution >= 4 is 34.5 Å². The van der Waals surface area contributed by atoms with Gasteiger partial charge in [0.25, 0.3) is 0 Å². The van der Waals surface area contributed by atoms with Crippen molar-refractivity contribution in [2.45, 2.75) is 11.9 Å². The van der Waals surface area contributed by atoms with Gasteiger partial charge in [-0.15, -0.1) is 0 Å². The molecule has 1 aromatic carbocycles. The lowest BCUT2D eigenvalue weighted by Crippen LogP contribution is -2.16. The van der Waals surface area contributed by atoms with Crippen LogP contribution in [-0.2, 0) is 11.8 Å². The molecule has 0 fully saturated rings. The van der Waals surface area contributed by atoms with Gasteiger partial charge in [-0.1, -0.05) is 11.8 Å². The second kappa shape index (κ2) is 7.39. The average Bonchev–Trinajstić information content (AvgIpc) is 3.24. The molecule has 0 aliphatic carbocycles. The van der Waals surface area contributed by atoms with E-state index in [0.717, 1.165) is 11.1 Å². The van der Waals surface area contributed by atoms with E-state index in [4.69, 9.17) is 0 Å². The molecule has 1 amide bonds. The predicted molar refractivity (Wildman–Crippen MR) is 104 cm³/mol. The molecule has 0 saturated heterocycles. The molecule has 0 radical (unpaired) electrons. The molecule has 4 rings (SSSR count). The summed E-state index contributed by atoms with van der Waals surface area (Å²) in [4.78, 5) is 20.8. The highest BCUT2D eigenvalue weighted by Gasteiger charge is 2.14. The maximum absolute atomic E-state index is 13.2. The number of thioether (sulfide) groups is 1. The first kappa shape index (κ1) is 18.1. The Balaban J connectivity index is 1.52. The van der Waals surface area contributed by atoms with Crippen LogP contribution in [0.3, 0.4) is 0 Å². The van der Waals surface area contributed by atoms with E-state index in [9.17, 15) is 9.18 Å². The van der Waals surface area contributed by atoms with Crippen molar-refractivity contribution in [1.82, 2.24) is 29.5 Å². The quantitative estimate of drug-likeness (QED) is 0.411. The van der Waals surface area contributed by atoms with E-state index in [1.54, 1.807) is 40.8 Å². The molecule has 8 nitrogen and oxygen atoms in total. The smallest absolute Gasteiger partial charge is 0.235 e. The number of carbonyl (C=O) groups is 1. The first-order valence-electron chi connectivity index (χ1n) is 8.39. The third-order valence-electron chi connectivity index (χ3n) is 4.01. The van der Waals surface area contributed by atoms with E-state index in [-0.39, 0.29) is 17.5 Å². The van der Waals surface area contributed by atoms with Crippen molar-refractivity contribution in [3.8, 4) is 5.69 Å². The highest BCUT2D eigenvalue weighted by Crippen LogP contribution is 2.26. The summed E-state index contributed by atoms with van der Waals surface area (Å²) < 4.78 is 16.4. The predicted octanol–water partition coefficient (Wildman–Crippen LogP) is 2.73. The van der Waals surface area contributed by atoms with Crippen molar-refractivity contribution in [3.63, 3.8) is 0 Å². The van der Waals surface area contributed by atoms with Gasteiger partial charge in [0.2, 0.25) is 5.91 Å². The molecule has 0 bridgehead atoms. The molecular weight excluding hydrogens is 381 g/mol. The summed E-state index contributed by atoms with van der Waals surface area (Å²) in [5.41, 5.74) is 2.11. The van der Waals surface area contributed by atoms with Crippen LogP contribution >= 0.6 is 11.8 Å². The summed E-state index contributed by atoms with van der Waals surface area (Å²) in [6.45, 7) is 1.86. The van der Waals surface area contributed by atoms with Gasteiger partial charge in [-0.25, -0.2) is 19.0 Å².